The Hall–Kier alpha value is -2.21. The van der Waals surface area contributed by atoms with Gasteiger partial charge in [0.15, 0.2) is 10.9 Å². The van der Waals surface area contributed by atoms with E-state index in [9.17, 15) is 0 Å². The van der Waals surface area contributed by atoms with Gasteiger partial charge in [-0.05, 0) is 56.2 Å². The van der Waals surface area contributed by atoms with Gasteiger partial charge in [0.1, 0.15) is 5.82 Å². The third-order valence-corrected chi connectivity index (χ3v) is 4.31. The van der Waals surface area contributed by atoms with E-state index in [0.29, 0.717) is 11.7 Å². The average Bonchev–Trinajstić information content (AvgIpc) is 2.82. The van der Waals surface area contributed by atoms with Gasteiger partial charge < -0.3 is 15.2 Å². The molecule has 3 rings (SSSR count). The Bertz CT molecular complexity index is 732. The molecule has 0 aliphatic carbocycles. The normalized spacial score (nSPS) is 13.7. The Balaban J connectivity index is 1.70. The molecule has 5 nitrogen and oxygen atoms in total. The Morgan fingerprint density at radius 1 is 1.21 bits per heavy atom. The molecule has 24 heavy (non-hydrogen) atoms. The molecule has 1 aromatic heterocycles. The highest BCUT2D eigenvalue weighted by Gasteiger charge is 2.15. The van der Waals surface area contributed by atoms with E-state index >= 15 is 0 Å². The number of aryl methyl sites for hydroxylation is 1. The van der Waals surface area contributed by atoms with Crippen molar-refractivity contribution in [2.24, 2.45) is 0 Å². The predicted octanol–water partition coefficient (Wildman–Crippen LogP) is 3.53. The number of hydrogen-bond donors (Lipinski definition) is 2. The highest BCUT2D eigenvalue weighted by Crippen LogP contribution is 2.23. The van der Waals surface area contributed by atoms with Crippen LogP contribution in [0.15, 0.2) is 36.4 Å². The minimum Gasteiger partial charge on any atom is -0.359 e. The zero-order valence-electron chi connectivity index (χ0n) is 14.0. The highest BCUT2D eigenvalue weighted by molar-refractivity contribution is 7.80. The molecule has 0 atom stereocenters. The number of hydrogen-bond acceptors (Lipinski definition) is 3. The molecule has 126 valence electrons. The van der Waals surface area contributed by atoms with Crippen LogP contribution in [0.4, 0.5) is 5.69 Å². The molecule has 2 heterocycles. The van der Waals surface area contributed by atoms with Crippen LogP contribution in [0.2, 0.25) is 0 Å². The molecular weight excluding hydrogens is 318 g/mol. The minimum absolute atomic E-state index is 0.599. The number of benzene rings is 1. The molecule has 2 N–H and O–H groups in total. The molecule has 0 saturated heterocycles. The van der Waals surface area contributed by atoms with Crippen molar-refractivity contribution in [1.29, 1.82) is 0 Å². The van der Waals surface area contributed by atoms with Gasteiger partial charge in [0, 0.05) is 30.8 Å². The topological polar surface area (TPSA) is 54.8 Å². The number of anilines is 1. The van der Waals surface area contributed by atoms with E-state index in [1.165, 1.54) is 19.3 Å². The van der Waals surface area contributed by atoms with Gasteiger partial charge in [-0.2, -0.15) is 0 Å². The fraction of sp³-hybridized carbons (Fsp3) is 0.389. The molecule has 1 aliphatic heterocycles. The Morgan fingerprint density at radius 3 is 2.75 bits per heavy atom. The quantitative estimate of drug-likeness (QED) is 0.658. The zero-order valence-corrected chi connectivity index (χ0v) is 14.8. The van der Waals surface area contributed by atoms with E-state index in [-0.39, 0.29) is 0 Å². The monoisotopic (exact) mass is 341 g/mol. The Kier molecular flexibility index (Phi) is 5.25. The summed E-state index contributed by atoms with van der Waals surface area (Å²) in [5, 5.41) is 15.6. The maximum Gasteiger partial charge on any atom is 0.171 e. The van der Waals surface area contributed by atoms with Crippen molar-refractivity contribution in [3.63, 3.8) is 0 Å². The number of thiocarbonyl (C=S) groups is 1. The second-order valence-electron chi connectivity index (χ2n) is 6.24. The van der Waals surface area contributed by atoms with Gasteiger partial charge in [0.2, 0.25) is 0 Å². The first-order chi connectivity index (χ1) is 11.6. The van der Waals surface area contributed by atoms with Crippen LogP contribution >= 0.6 is 12.2 Å². The summed E-state index contributed by atoms with van der Waals surface area (Å²) in [5.41, 5.74) is 3.08. The number of fused-ring (bicyclic) bond motifs is 1. The van der Waals surface area contributed by atoms with Gasteiger partial charge in [-0.15, -0.1) is 10.2 Å². The molecule has 0 radical (unpaired) electrons. The van der Waals surface area contributed by atoms with Gasteiger partial charge in [-0.1, -0.05) is 18.6 Å². The van der Waals surface area contributed by atoms with Crippen molar-refractivity contribution in [1.82, 2.24) is 20.1 Å². The van der Waals surface area contributed by atoms with Gasteiger partial charge in [0.25, 0.3) is 0 Å². The van der Waals surface area contributed by atoms with Crippen LogP contribution < -0.4 is 10.6 Å². The molecule has 2 aromatic rings. The van der Waals surface area contributed by atoms with E-state index in [1.54, 1.807) is 0 Å². The summed E-state index contributed by atoms with van der Waals surface area (Å²) in [5.74, 6) is 2.07. The van der Waals surface area contributed by atoms with Crippen LogP contribution in [0.25, 0.3) is 11.4 Å². The lowest BCUT2D eigenvalue weighted by atomic mass is 10.2. The molecule has 0 saturated carbocycles. The summed E-state index contributed by atoms with van der Waals surface area (Å²) in [7, 11) is 0. The van der Waals surface area contributed by atoms with E-state index in [4.69, 9.17) is 12.2 Å². The highest BCUT2D eigenvalue weighted by atomic mass is 32.1. The van der Waals surface area contributed by atoms with Crippen LogP contribution in [0, 0.1) is 0 Å². The van der Waals surface area contributed by atoms with Gasteiger partial charge in [-0.25, -0.2) is 0 Å². The molecule has 0 fully saturated rings. The first kappa shape index (κ1) is 16.6. The fourth-order valence-corrected chi connectivity index (χ4v) is 3.00. The Morgan fingerprint density at radius 2 is 2.00 bits per heavy atom. The predicted molar refractivity (Wildman–Crippen MR) is 102 cm³/mol. The number of rotatable bonds is 4. The Labute approximate surface area is 148 Å². The number of nitrogens with zero attached hydrogens (tertiary/aromatic N) is 3. The van der Waals surface area contributed by atoms with Crippen LogP contribution in [0.5, 0.6) is 0 Å². The van der Waals surface area contributed by atoms with Crippen molar-refractivity contribution in [2.45, 2.75) is 39.2 Å². The lowest BCUT2D eigenvalue weighted by Gasteiger charge is -2.11. The number of nitrogens with one attached hydrogen (secondary N) is 2. The summed E-state index contributed by atoms with van der Waals surface area (Å²) < 4.78 is 2.26. The number of aromatic nitrogens is 3. The molecule has 1 aromatic carbocycles. The van der Waals surface area contributed by atoms with Crippen LogP contribution in [-0.4, -0.2) is 26.4 Å². The maximum absolute atomic E-state index is 5.27. The van der Waals surface area contributed by atoms with E-state index in [1.807, 2.05) is 19.1 Å². The van der Waals surface area contributed by atoms with Crippen LogP contribution in [-0.2, 0) is 13.0 Å². The third kappa shape index (κ3) is 4.00. The summed E-state index contributed by atoms with van der Waals surface area (Å²) in [6.45, 7) is 7.50. The molecule has 0 amide bonds. The summed E-state index contributed by atoms with van der Waals surface area (Å²) in [6.07, 6.45) is 4.69. The molecule has 1 aliphatic rings. The molecule has 0 unspecified atom stereocenters. The average molecular weight is 341 g/mol. The maximum atomic E-state index is 5.27. The smallest absolute Gasteiger partial charge is 0.171 e. The second-order valence-corrected chi connectivity index (χ2v) is 6.65. The summed E-state index contributed by atoms with van der Waals surface area (Å²) >= 11 is 5.27. The first-order valence-electron chi connectivity index (χ1n) is 8.35. The standard InChI is InChI=1S/C18H23N5S/c1-13(2)12-19-18(24)20-15-9-7-14(8-10-15)17-22-21-16-6-4-3-5-11-23(16)17/h7-10H,1,3-6,11-12H2,2H3,(H2,19,20,24). The largest absolute Gasteiger partial charge is 0.359 e. The van der Waals surface area contributed by atoms with E-state index in [0.717, 1.165) is 41.4 Å². The molecule has 6 heteroatoms. The van der Waals surface area contributed by atoms with Crippen molar-refractivity contribution >= 4 is 23.0 Å². The van der Waals surface area contributed by atoms with E-state index in [2.05, 4.69) is 44.1 Å². The van der Waals surface area contributed by atoms with Crippen molar-refractivity contribution < 1.29 is 0 Å². The van der Waals surface area contributed by atoms with Crippen molar-refractivity contribution in [3.05, 3.63) is 42.2 Å². The summed E-state index contributed by atoms with van der Waals surface area (Å²) in [4.78, 5) is 0. The van der Waals surface area contributed by atoms with Crippen LogP contribution in [0.1, 0.15) is 32.0 Å². The third-order valence-electron chi connectivity index (χ3n) is 4.06. The first-order valence-corrected chi connectivity index (χ1v) is 8.76. The minimum atomic E-state index is 0.599. The lowest BCUT2D eigenvalue weighted by molar-refractivity contribution is 0.636. The molecule has 0 spiro atoms. The van der Waals surface area contributed by atoms with E-state index < -0.39 is 0 Å². The van der Waals surface area contributed by atoms with Crippen molar-refractivity contribution in [2.75, 3.05) is 11.9 Å². The van der Waals surface area contributed by atoms with Gasteiger partial charge >= 0.3 is 0 Å². The zero-order chi connectivity index (χ0) is 16.9. The van der Waals surface area contributed by atoms with Gasteiger partial charge in [0.05, 0.1) is 0 Å². The van der Waals surface area contributed by atoms with Crippen LogP contribution in [0.3, 0.4) is 0 Å². The lowest BCUT2D eigenvalue weighted by Crippen LogP contribution is -2.29. The summed E-state index contributed by atoms with van der Waals surface area (Å²) in [6, 6.07) is 8.16. The second kappa shape index (κ2) is 7.57. The van der Waals surface area contributed by atoms with Gasteiger partial charge in [-0.3, -0.25) is 0 Å². The van der Waals surface area contributed by atoms with Crippen molar-refractivity contribution in [3.8, 4) is 11.4 Å². The molecular formula is C18H23N5S. The molecule has 0 bridgehead atoms. The SMILES string of the molecule is C=C(C)CNC(=S)Nc1ccc(-c2nnc3n2CCCCC3)cc1. The fourth-order valence-electron chi connectivity index (χ4n) is 2.81.